The van der Waals surface area contributed by atoms with E-state index in [0.29, 0.717) is 5.56 Å². The van der Waals surface area contributed by atoms with Crippen LogP contribution in [0, 0.1) is 6.92 Å². The van der Waals surface area contributed by atoms with Gasteiger partial charge in [-0.05, 0) is 60.3 Å². The molecular formula is C21H17N3O2S. The van der Waals surface area contributed by atoms with E-state index >= 15 is 0 Å². The zero-order chi connectivity index (χ0) is 18.8. The Hall–Kier alpha value is -3.25. The fourth-order valence-electron chi connectivity index (χ4n) is 2.93. The summed E-state index contributed by atoms with van der Waals surface area (Å²) in [7, 11) is 0. The van der Waals surface area contributed by atoms with Crippen molar-refractivity contribution < 1.29 is 4.79 Å². The number of carbonyl (C=O) groups excluding carboxylic acids is 1. The lowest BCUT2D eigenvalue weighted by atomic mass is 10.1. The molecule has 0 unspecified atom stereocenters. The first-order valence-electron chi connectivity index (χ1n) is 8.51. The zero-order valence-corrected chi connectivity index (χ0v) is 15.5. The minimum Gasteiger partial charge on any atom is -0.326 e. The summed E-state index contributed by atoms with van der Waals surface area (Å²) in [5.74, 6) is -0.0857. The van der Waals surface area contributed by atoms with Crippen LogP contribution in [-0.4, -0.2) is 15.9 Å². The monoisotopic (exact) mass is 375 g/mol. The molecule has 0 aliphatic heterocycles. The number of H-pyrrole nitrogens is 1. The molecular weight excluding hydrogens is 358 g/mol. The van der Waals surface area contributed by atoms with Crippen LogP contribution in [0.15, 0.2) is 64.9 Å². The minimum atomic E-state index is -0.0887. The summed E-state index contributed by atoms with van der Waals surface area (Å²) in [6, 6.07) is 15.1. The van der Waals surface area contributed by atoms with Crippen LogP contribution in [0.1, 0.15) is 11.1 Å². The van der Waals surface area contributed by atoms with E-state index in [0.717, 1.165) is 32.7 Å². The molecule has 0 spiro atoms. The predicted octanol–water partition coefficient (Wildman–Crippen LogP) is 4.14. The maximum absolute atomic E-state index is 12.4. The number of nitrogens with zero attached hydrogens (tertiary/aromatic N) is 1. The Morgan fingerprint density at radius 3 is 2.70 bits per heavy atom. The third-order valence-corrected chi connectivity index (χ3v) is 5.13. The Morgan fingerprint density at radius 1 is 1.15 bits per heavy atom. The first-order chi connectivity index (χ1) is 13.1. The number of hydrogen-bond acceptors (Lipinski definition) is 4. The van der Waals surface area contributed by atoms with Crippen LogP contribution in [0.5, 0.6) is 0 Å². The van der Waals surface area contributed by atoms with Crippen molar-refractivity contribution in [2.24, 2.45) is 0 Å². The quantitative estimate of drug-likeness (QED) is 0.563. The van der Waals surface area contributed by atoms with Gasteiger partial charge in [0, 0.05) is 33.9 Å². The summed E-state index contributed by atoms with van der Waals surface area (Å²) < 4.78 is 0. The molecule has 27 heavy (non-hydrogen) atoms. The van der Waals surface area contributed by atoms with E-state index in [4.69, 9.17) is 0 Å². The van der Waals surface area contributed by atoms with Gasteiger partial charge in [-0.3, -0.25) is 9.59 Å². The summed E-state index contributed by atoms with van der Waals surface area (Å²) in [5.41, 5.74) is 4.01. The van der Waals surface area contributed by atoms with Gasteiger partial charge < -0.3 is 10.3 Å². The Labute approximate surface area is 159 Å². The molecule has 0 saturated carbocycles. The fourth-order valence-corrected chi connectivity index (χ4v) is 3.57. The predicted molar refractivity (Wildman–Crippen MR) is 109 cm³/mol. The van der Waals surface area contributed by atoms with Crippen LogP contribution in [0.25, 0.3) is 21.5 Å². The van der Waals surface area contributed by atoms with Gasteiger partial charge in [0.25, 0.3) is 5.56 Å². The molecule has 0 bridgehead atoms. The summed E-state index contributed by atoms with van der Waals surface area (Å²) in [5, 5.41) is 6.73. The molecule has 4 aromatic rings. The van der Waals surface area contributed by atoms with E-state index in [1.165, 1.54) is 0 Å². The van der Waals surface area contributed by atoms with Gasteiger partial charge >= 0.3 is 0 Å². The molecule has 0 radical (unpaired) electrons. The van der Waals surface area contributed by atoms with Gasteiger partial charge in [0.2, 0.25) is 5.91 Å². The number of benzene rings is 2. The Balaban J connectivity index is 1.47. The normalized spacial score (nSPS) is 10.9. The summed E-state index contributed by atoms with van der Waals surface area (Å²) in [6.07, 6.45) is 2.04. The lowest BCUT2D eigenvalue weighted by molar-refractivity contribution is -0.115. The highest BCUT2D eigenvalue weighted by molar-refractivity contribution is 7.13. The average Bonchev–Trinajstić information content (AvgIpc) is 3.18. The molecule has 1 amide bonds. The molecule has 2 aromatic carbocycles. The number of nitrogens with one attached hydrogen (secondary N) is 2. The van der Waals surface area contributed by atoms with Crippen molar-refractivity contribution in [3.63, 3.8) is 0 Å². The molecule has 2 aromatic heterocycles. The van der Waals surface area contributed by atoms with Crippen LogP contribution in [0.4, 0.5) is 5.69 Å². The molecule has 2 N–H and O–H groups in total. The van der Waals surface area contributed by atoms with Gasteiger partial charge in [0.1, 0.15) is 5.01 Å². The summed E-state index contributed by atoms with van der Waals surface area (Å²) in [6.45, 7) is 1.77. The van der Waals surface area contributed by atoms with Gasteiger partial charge in [-0.15, -0.1) is 11.3 Å². The highest BCUT2D eigenvalue weighted by Gasteiger charge is 2.07. The van der Waals surface area contributed by atoms with Gasteiger partial charge in [-0.1, -0.05) is 6.07 Å². The second-order valence-electron chi connectivity index (χ2n) is 6.34. The first-order valence-corrected chi connectivity index (χ1v) is 9.39. The maximum atomic E-state index is 12.4. The molecule has 6 heteroatoms. The number of anilines is 1. The number of aromatic nitrogens is 2. The second kappa shape index (κ2) is 7.17. The van der Waals surface area contributed by atoms with Crippen LogP contribution in [-0.2, 0) is 11.2 Å². The topological polar surface area (TPSA) is 74.8 Å². The van der Waals surface area contributed by atoms with Gasteiger partial charge in [0.05, 0.1) is 6.42 Å². The maximum Gasteiger partial charge on any atom is 0.251 e. The third kappa shape index (κ3) is 3.80. The molecule has 2 heterocycles. The highest BCUT2D eigenvalue weighted by Crippen LogP contribution is 2.23. The SMILES string of the molecule is Cc1cc2cc(CC(=O)Nc3ccc(-c4nccs4)cc3)ccc2[nH]c1=O. The van der Waals surface area contributed by atoms with E-state index in [9.17, 15) is 9.59 Å². The van der Waals surface area contributed by atoms with Crippen molar-refractivity contribution in [3.05, 3.63) is 81.6 Å². The number of aryl methyl sites for hydroxylation is 1. The van der Waals surface area contributed by atoms with E-state index in [2.05, 4.69) is 15.3 Å². The first kappa shape index (κ1) is 17.2. The highest BCUT2D eigenvalue weighted by atomic mass is 32.1. The number of hydrogen-bond donors (Lipinski definition) is 2. The largest absolute Gasteiger partial charge is 0.326 e. The summed E-state index contributed by atoms with van der Waals surface area (Å²) >= 11 is 1.58. The molecule has 134 valence electrons. The molecule has 0 aliphatic carbocycles. The smallest absolute Gasteiger partial charge is 0.251 e. The molecule has 0 atom stereocenters. The Bertz CT molecular complexity index is 1160. The van der Waals surface area contributed by atoms with E-state index in [1.807, 2.05) is 53.9 Å². The van der Waals surface area contributed by atoms with Gasteiger partial charge in [-0.25, -0.2) is 4.98 Å². The minimum absolute atomic E-state index is 0.0857. The van der Waals surface area contributed by atoms with Crippen molar-refractivity contribution in [1.82, 2.24) is 9.97 Å². The molecule has 0 saturated heterocycles. The van der Waals surface area contributed by atoms with Crippen molar-refractivity contribution >= 4 is 33.8 Å². The third-order valence-electron chi connectivity index (χ3n) is 4.31. The Kier molecular flexibility index (Phi) is 4.56. The van der Waals surface area contributed by atoms with Crippen LogP contribution in [0.3, 0.4) is 0 Å². The number of amides is 1. The number of fused-ring (bicyclic) bond motifs is 1. The van der Waals surface area contributed by atoms with Crippen molar-refractivity contribution in [1.29, 1.82) is 0 Å². The summed E-state index contributed by atoms with van der Waals surface area (Å²) in [4.78, 5) is 31.2. The lowest BCUT2D eigenvalue weighted by Gasteiger charge is -2.07. The Morgan fingerprint density at radius 2 is 1.96 bits per heavy atom. The van der Waals surface area contributed by atoms with E-state index < -0.39 is 0 Å². The number of carbonyl (C=O) groups is 1. The molecule has 0 fully saturated rings. The van der Waals surface area contributed by atoms with Crippen molar-refractivity contribution in [3.8, 4) is 10.6 Å². The van der Waals surface area contributed by atoms with Crippen LogP contribution < -0.4 is 10.9 Å². The number of rotatable bonds is 4. The van der Waals surface area contributed by atoms with Crippen molar-refractivity contribution in [2.45, 2.75) is 13.3 Å². The average molecular weight is 375 g/mol. The zero-order valence-electron chi connectivity index (χ0n) is 14.7. The standard InChI is InChI=1S/C21H17N3O2S/c1-13-10-16-11-14(2-7-18(16)24-20(13)26)12-19(25)23-17-5-3-15(4-6-17)21-22-8-9-27-21/h2-11H,12H2,1H3,(H,23,25)(H,24,26). The van der Waals surface area contributed by atoms with Crippen LogP contribution in [0.2, 0.25) is 0 Å². The van der Waals surface area contributed by atoms with Gasteiger partial charge in [-0.2, -0.15) is 0 Å². The van der Waals surface area contributed by atoms with Crippen LogP contribution >= 0.6 is 11.3 Å². The van der Waals surface area contributed by atoms with E-state index in [1.54, 1.807) is 24.5 Å². The molecule has 0 aliphatic rings. The second-order valence-corrected chi connectivity index (χ2v) is 7.24. The van der Waals surface area contributed by atoms with Gasteiger partial charge in [0.15, 0.2) is 0 Å². The molecule has 4 rings (SSSR count). The van der Waals surface area contributed by atoms with Crippen molar-refractivity contribution in [2.75, 3.05) is 5.32 Å². The molecule has 5 nitrogen and oxygen atoms in total. The number of aromatic amines is 1. The number of pyridine rings is 1. The lowest BCUT2D eigenvalue weighted by Crippen LogP contribution is -2.14. The fraction of sp³-hybridized carbons (Fsp3) is 0.0952. The van der Waals surface area contributed by atoms with E-state index in [-0.39, 0.29) is 17.9 Å². The number of thiazole rings is 1.